The van der Waals surface area contributed by atoms with Crippen LogP contribution in [0.5, 0.6) is 0 Å². The van der Waals surface area contributed by atoms with Crippen molar-refractivity contribution in [3.05, 3.63) is 5.21 Å². The fourth-order valence-corrected chi connectivity index (χ4v) is 2.20. The third-order valence-corrected chi connectivity index (χ3v) is 3.71. The SMILES string of the molecule is NCCOCCC(=O)NCCCC[C@H](NC(=O)N[C@@H](CCC(=O)[O-])[NH2+][O-])C(=O)[O-].[Ca+2].[OH-]. The Morgan fingerprint density at radius 2 is 1.68 bits per heavy atom. The first-order valence-corrected chi connectivity index (χ1v) is 9.27. The fourth-order valence-electron chi connectivity index (χ4n) is 2.20. The molecule has 14 nitrogen and oxygen atoms in total. The van der Waals surface area contributed by atoms with E-state index in [2.05, 4.69) is 16.0 Å². The van der Waals surface area contributed by atoms with Crippen LogP contribution >= 0.6 is 0 Å². The molecule has 0 aromatic rings. The molecule has 0 spiro atoms. The molecule has 0 aromatic heterocycles. The van der Waals surface area contributed by atoms with Gasteiger partial charge in [-0.2, -0.15) is 0 Å². The van der Waals surface area contributed by atoms with E-state index in [0.29, 0.717) is 38.0 Å². The third kappa shape index (κ3) is 20.4. The summed E-state index contributed by atoms with van der Waals surface area (Å²) in [5.74, 6) is -3.08. The van der Waals surface area contributed by atoms with Gasteiger partial charge in [0.1, 0.15) is 0 Å². The molecule has 2 atom stereocenters. The van der Waals surface area contributed by atoms with E-state index in [1.165, 1.54) is 0 Å². The Morgan fingerprint density at radius 3 is 2.23 bits per heavy atom. The second kappa shape index (κ2) is 22.0. The molecule has 0 radical (unpaired) electrons. The number of hydroxylamine groups is 1. The molecule has 0 aliphatic heterocycles. The van der Waals surface area contributed by atoms with Crippen LogP contribution in [0.15, 0.2) is 0 Å². The van der Waals surface area contributed by atoms with Gasteiger partial charge in [0.25, 0.3) is 0 Å². The topological polar surface area (TPSA) is 255 Å². The van der Waals surface area contributed by atoms with Crippen molar-refractivity contribution in [2.24, 2.45) is 5.73 Å². The number of carbonyl (C=O) groups is 4. The van der Waals surface area contributed by atoms with Crippen LogP contribution in [-0.4, -0.2) is 106 Å². The van der Waals surface area contributed by atoms with Crippen LogP contribution in [0.4, 0.5) is 4.79 Å². The number of nitrogens with two attached hydrogens (primary N) is 2. The van der Waals surface area contributed by atoms with Crippen LogP contribution in [0.1, 0.15) is 38.5 Å². The summed E-state index contributed by atoms with van der Waals surface area (Å²) in [5, 5.41) is 39.4. The zero-order valence-electron chi connectivity index (χ0n) is 17.3. The number of carboxylic acids is 2. The Morgan fingerprint density at radius 1 is 1.00 bits per heavy atom. The fraction of sp³-hybridized carbons (Fsp3) is 0.750. The van der Waals surface area contributed by atoms with E-state index in [-0.39, 0.29) is 75.0 Å². The monoisotopic (exact) mass is 476 g/mol. The summed E-state index contributed by atoms with van der Waals surface area (Å²) in [5.41, 5.74) is 5.60. The Labute approximate surface area is 209 Å². The van der Waals surface area contributed by atoms with Crippen LogP contribution < -0.4 is 37.4 Å². The van der Waals surface area contributed by atoms with E-state index < -0.39 is 36.6 Å². The van der Waals surface area contributed by atoms with Crippen LogP contribution in [0.2, 0.25) is 0 Å². The molecular formula is C16H30CaN5O9-. The number of nitrogens with one attached hydrogen (secondary N) is 3. The smallest absolute Gasteiger partial charge is 0.870 e. The molecule has 0 aromatic carbocycles. The van der Waals surface area contributed by atoms with Crippen molar-refractivity contribution in [2.75, 3.05) is 26.3 Å². The normalized spacial score (nSPS) is 11.8. The maximum Gasteiger partial charge on any atom is 2.00 e. The number of hydrogen-bond acceptors (Lipinski definition) is 10. The molecule has 0 unspecified atom stereocenters. The van der Waals surface area contributed by atoms with Gasteiger partial charge in [-0.3, -0.25) is 10.1 Å². The maximum atomic E-state index is 11.8. The number of aliphatic carboxylic acids is 2. The molecule has 0 aliphatic rings. The second-order valence-corrected chi connectivity index (χ2v) is 6.14. The summed E-state index contributed by atoms with van der Waals surface area (Å²) in [7, 11) is 0. The predicted octanol–water partition coefficient (Wildman–Crippen LogP) is -5.58. The zero-order chi connectivity index (χ0) is 22.1. The summed E-state index contributed by atoms with van der Waals surface area (Å²) in [4.78, 5) is 44.8. The first-order valence-electron chi connectivity index (χ1n) is 9.27. The van der Waals surface area contributed by atoms with E-state index in [1.807, 2.05) is 0 Å². The van der Waals surface area contributed by atoms with Gasteiger partial charge in [0.15, 0.2) is 6.17 Å². The molecule has 0 fully saturated rings. The van der Waals surface area contributed by atoms with E-state index in [1.54, 1.807) is 0 Å². The quantitative estimate of drug-likeness (QED) is 0.0575. The minimum Gasteiger partial charge on any atom is -0.870 e. The van der Waals surface area contributed by atoms with Crippen molar-refractivity contribution in [1.82, 2.24) is 16.0 Å². The average molecular weight is 477 g/mol. The summed E-state index contributed by atoms with van der Waals surface area (Å²) >= 11 is 0. The number of unbranched alkanes of at least 4 members (excludes halogenated alkanes) is 1. The van der Waals surface area contributed by atoms with Crippen molar-refractivity contribution in [2.45, 2.75) is 50.7 Å². The maximum absolute atomic E-state index is 11.8. The number of quaternary nitrogens is 1. The van der Waals surface area contributed by atoms with E-state index >= 15 is 0 Å². The van der Waals surface area contributed by atoms with Crippen LogP contribution in [0, 0.1) is 5.21 Å². The number of ether oxygens (including phenoxy) is 1. The Hall–Kier alpha value is -1.26. The summed E-state index contributed by atoms with van der Waals surface area (Å²) < 4.78 is 5.08. The Balaban J connectivity index is -0.00000392. The van der Waals surface area contributed by atoms with Crippen molar-refractivity contribution >= 4 is 61.6 Å². The van der Waals surface area contributed by atoms with E-state index in [4.69, 9.17) is 10.5 Å². The van der Waals surface area contributed by atoms with Crippen molar-refractivity contribution in [3.8, 4) is 0 Å². The van der Waals surface area contributed by atoms with Crippen molar-refractivity contribution in [3.63, 3.8) is 0 Å². The molecule has 0 heterocycles. The van der Waals surface area contributed by atoms with Crippen LogP contribution in [0.25, 0.3) is 0 Å². The predicted molar refractivity (Wildman–Crippen MR) is 103 cm³/mol. The summed E-state index contributed by atoms with van der Waals surface area (Å²) in [6.45, 7) is 1.35. The van der Waals surface area contributed by atoms with E-state index in [0.717, 1.165) is 0 Å². The number of rotatable bonds is 17. The number of urea groups is 1. The van der Waals surface area contributed by atoms with Crippen molar-refractivity contribution in [1.29, 1.82) is 0 Å². The van der Waals surface area contributed by atoms with Gasteiger partial charge in [0.05, 0.1) is 25.2 Å². The van der Waals surface area contributed by atoms with Gasteiger partial charge < -0.3 is 57.1 Å². The van der Waals surface area contributed by atoms with Gasteiger partial charge >= 0.3 is 43.8 Å². The molecule has 31 heavy (non-hydrogen) atoms. The number of hydrogen-bond donors (Lipinski definition) is 5. The molecule has 0 rings (SSSR count). The van der Waals surface area contributed by atoms with Crippen LogP contribution in [0.3, 0.4) is 0 Å². The minimum atomic E-state index is -1.50. The largest absolute Gasteiger partial charge is 2.00 e. The molecule has 0 saturated carbocycles. The Kier molecular flexibility index (Phi) is 24.3. The molecule has 8 N–H and O–H groups in total. The number of carbonyl (C=O) groups excluding carboxylic acids is 4. The molecular weight excluding hydrogens is 446 g/mol. The van der Waals surface area contributed by atoms with Crippen LogP contribution in [-0.2, 0) is 19.1 Å². The molecule has 3 amide bonds. The van der Waals surface area contributed by atoms with Gasteiger partial charge in [-0.1, -0.05) is 0 Å². The third-order valence-electron chi connectivity index (χ3n) is 3.71. The second-order valence-electron chi connectivity index (χ2n) is 6.14. The minimum absolute atomic E-state index is 0. The van der Waals surface area contributed by atoms with Gasteiger partial charge in [-0.25, -0.2) is 4.79 Å². The van der Waals surface area contributed by atoms with Gasteiger partial charge in [0, 0.05) is 31.9 Å². The molecule has 0 bridgehead atoms. The van der Waals surface area contributed by atoms with E-state index in [9.17, 15) is 34.6 Å². The molecule has 15 heteroatoms. The van der Waals surface area contributed by atoms with Gasteiger partial charge in [0.2, 0.25) is 5.91 Å². The standard InChI is InChI=1S/C16H31N5O8.Ca.H2O/c17-7-10-29-9-6-13(22)18-8-2-1-3-11(15(25)26)19-16(27)20-12(21-28)4-5-14(23)24;;/h11-12H,1-10,17,21H2,(H,18,22)(H,23,24)(H,25,26)(H2,19,20,27);;1H2/q;+2;/p-3/t11-,12+;;/m0../s1. The number of carboxylic acid groups (broad SMARTS) is 2. The van der Waals surface area contributed by atoms with Gasteiger partial charge in [-0.15, -0.1) is 0 Å². The first kappa shape index (κ1) is 34.4. The van der Waals surface area contributed by atoms with Crippen molar-refractivity contribution < 1.29 is 45.1 Å². The Bertz CT molecular complexity index is 528. The first-order chi connectivity index (χ1) is 13.8. The molecule has 0 saturated heterocycles. The van der Waals surface area contributed by atoms with Gasteiger partial charge in [-0.05, 0) is 25.7 Å². The average Bonchev–Trinajstić information content (AvgIpc) is 2.66. The number of amides is 3. The zero-order valence-corrected chi connectivity index (χ0v) is 19.5. The summed E-state index contributed by atoms with van der Waals surface area (Å²) in [6.07, 6.45) is -0.588. The summed E-state index contributed by atoms with van der Waals surface area (Å²) in [6, 6.07) is -2.23. The molecule has 0 aliphatic carbocycles. The molecule has 176 valence electrons.